The van der Waals surface area contributed by atoms with Gasteiger partial charge in [-0.2, -0.15) is 9.36 Å². The number of benzene rings is 1. The lowest BCUT2D eigenvalue weighted by Crippen LogP contribution is -2.21. The Hall–Kier alpha value is -1.60. The van der Waals surface area contributed by atoms with Crippen molar-refractivity contribution in [2.24, 2.45) is 5.92 Å². The number of anilines is 1. The maximum atomic E-state index is 13.3. The van der Waals surface area contributed by atoms with Crippen LogP contribution < -0.4 is 4.90 Å². The van der Waals surface area contributed by atoms with E-state index in [2.05, 4.69) is 14.3 Å². The molecule has 7 heteroatoms. The molecule has 0 saturated carbocycles. The minimum atomic E-state index is -0.621. The number of hydrogen-bond donors (Lipinski definition) is 0. The lowest BCUT2D eigenvalue weighted by Gasteiger charge is -2.14. The third-order valence-electron chi connectivity index (χ3n) is 3.65. The van der Waals surface area contributed by atoms with Crippen molar-refractivity contribution in [3.05, 3.63) is 29.8 Å². The molecule has 1 aliphatic rings. The second-order valence-corrected chi connectivity index (χ2v) is 6.05. The van der Waals surface area contributed by atoms with Gasteiger partial charge in [0.1, 0.15) is 11.6 Å². The molecule has 1 aromatic heterocycles. The molecule has 0 radical (unpaired) electrons. The van der Waals surface area contributed by atoms with Crippen LogP contribution in [0.3, 0.4) is 0 Å². The van der Waals surface area contributed by atoms with Crippen LogP contribution in [0.4, 0.5) is 13.9 Å². The van der Waals surface area contributed by atoms with E-state index in [4.69, 9.17) is 4.74 Å². The largest absolute Gasteiger partial charge is 0.381 e. The molecular formula is C15H17F2N3OS. The van der Waals surface area contributed by atoms with Crippen molar-refractivity contribution in [2.45, 2.75) is 13.3 Å². The van der Waals surface area contributed by atoms with Crippen LogP contribution in [0.25, 0.3) is 11.4 Å². The zero-order valence-corrected chi connectivity index (χ0v) is 13.1. The highest BCUT2D eigenvalue weighted by atomic mass is 32.1. The van der Waals surface area contributed by atoms with E-state index in [-0.39, 0.29) is 0 Å². The lowest BCUT2D eigenvalue weighted by atomic mass is 10.1. The predicted octanol–water partition coefficient (Wildman–Crippen LogP) is 3.35. The first-order chi connectivity index (χ1) is 10.7. The molecule has 3 rings (SSSR count). The fourth-order valence-corrected chi connectivity index (χ4v) is 3.29. The summed E-state index contributed by atoms with van der Waals surface area (Å²) in [4.78, 5) is 6.57. The highest BCUT2D eigenvalue weighted by molar-refractivity contribution is 7.09. The Morgan fingerprint density at radius 3 is 2.82 bits per heavy atom. The van der Waals surface area contributed by atoms with E-state index in [0.717, 1.165) is 43.9 Å². The molecule has 1 aliphatic heterocycles. The van der Waals surface area contributed by atoms with E-state index in [1.807, 2.05) is 6.92 Å². The van der Waals surface area contributed by atoms with Crippen molar-refractivity contribution in [2.75, 3.05) is 31.2 Å². The summed E-state index contributed by atoms with van der Waals surface area (Å²) in [5.74, 6) is -0.376. The zero-order valence-electron chi connectivity index (χ0n) is 12.3. The van der Waals surface area contributed by atoms with Gasteiger partial charge in [-0.05, 0) is 25.5 Å². The van der Waals surface area contributed by atoms with Crippen LogP contribution in [-0.2, 0) is 4.74 Å². The summed E-state index contributed by atoms with van der Waals surface area (Å²) in [5, 5.41) is 0.790. The molecule has 4 nitrogen and oxygen atoms in total. The third-order valence-corrected chi connectivity index (χ3v) is 4.43. The van der Waals surface area contributed by atoms with Gasteiger partial charge in [-0.1, -0.05) is 0 Å². The second kappa shape index (κ2) is 6.66. The summed E-state index contributed by atoms with van der Waals surface area (Å²) in [7, 11) is 0. The van der Waals surface area contributed by atoms with E-state index in [1.54, 1.807) is 0 Å². The summed E-state index contributed by atoms with van der Waals surface area (Å²) >= 11 is 1.26. The number of ether oxygens (including phenoxy) is 1. The Morgan fingerprint density at radius 1 is 1.32 bits per heavy atom. The van der Waals surface area contributed by atoms with Crippen molar-refractivity contribution < 1.29 is 13.5 Å². The molecule has 2 aromatic rings. The number of hydrogen-bond acceptors (Lipinski definition) is 5. The highest BCUT2D eigenvalue weighted by Crippen LogP contribution is 2.29. The summed E-state index contributed by atoms with van der Waals surface area (Å²) < 4.78 is 36.2. The SMILES string of the molecule is CCOCC1CCN(c2nc(-c3cc(F)cc(F)c3)ns2)C1. The van der Waals surface area contributed by atoms with Gasteiger partial charge in [0.2, 0.25) is 5.13 Å². The number of nitrogens with zero attached hydrogens (tertiary/aromatic N) is 3. The fraction of sp³-hybridized carbons (Fsp3) is 0.467. The minimum absolute atomic E-state index is 0.366. The van der Waals surface area contributed by atoms with Gasteiger partial charge in [-0.15, -0.1) is 0 Å². The average Bonchev–Trinajstić information content (AvgIpc) is 3.13. The molecule has 2 heterocycles. The first-order valence-electron chi connectivity index (χ1n) is 7.28. The van der Waals surface area contributed by atoms with E-state index >= 15 is 0 Å². The summed E-state index contributed by atoms with van der Waals surface area (Å²) in [6, 6.07) is 3.34. The Labute approximate surface area is 131 Å². The molecular weight excluding hydrogens is 308 g/mol. The second-order valence-electron chi connectivity index (χ2n) is 5.32. The summed E-state index contributed by atoms with van der Waals surface area (Å²) in [6.07, 6.45) is 1.06. The van der Waals surface area contributed by atoms with E-state index in [0.29, 0.717) is 17.3 Å². The van der Waals surface area contributed by atoms with E-state index in [9.17, 15) is 8.78 Å². The number of halogens is 2. The lowest BCUT2D eigenvalue weighted by molar-refractivity contribution is 0.117. The van der Waals surface area contributed by atoms with Crippen molar-refractivity contribution in [3.8, 4) is 11.4 Å². The zero-order chi connectivity index (χ0) is 15.5. The molecule has 0 spiro atoms. The summed E-state index contributed by atoms with van der Waals surface area (Å²) in [5.41, 5.74) is 0.366. The molecule has 22 heavy (non-hydrogen) atoms. The molecule has 1 atom stereocenters. The van der Waals surface area contributed by atoms with Crippen LogP contribution in [0.2, 0.25) is 0 Å². The minimum Gasteiger partial charge on any atom is -0.381 e. The van der Waals surface area contributed by atoms with Gasteiger partial charge in [-0.25, -0.2) is 8.78 Å². The van der Waals surface area contributed by atoms with Crippen LogP contribution in [0, 0.1) is 17.6 Å². The van der Waals surface area contributed by atoms with Crippen molar-refractivity contribution in [3.63, 3.8) is 0 Å². The van der Waals surface area contributed by atoms with Crippen LogP contribution in [0.15, 0.2) is 18.2 Å². The molecule has 1 fully saturated rings. The predicted molar refractivity (Wildman–Crippen MR) is 82.1 cm³/mol. The molecule has 1 aromatic carbocycles. The average molecular weight is 325 g/mol. The number of rotatable bonds is 5. The standard InChI is InChI=1S/C15H17F2N3OS/c1-2-21-9-10-3-4-20(8-10)15-18-14(19-22-15)11-5-12(16)7-13(17)6-11/h5-7,10H,2-4,8-9H2,1H3. The van der Waals surface area contributed by atoms with Gasteiger partial charge >= 0.3 is 0 Å². The molecule has 0 bridgehead atoms. The van der Waals surface area contributed by atoms with Crippen LogP contribution in [0.1, 0.15) is 13.3 Å². The molecule has 0 amide bonds. The highest BCUT2D eigenvalue weighted by Gasteiger charge is 2.25. The van der Waals surface area contributed by atoms with Gasteiger partial charge in [-0.3, -0.25) is 0 Å². The fourth-order valence-electron chi connectivity index (χ4n) is 2.57. The third kappa shape index (κ3) is 3.41. The van der Waals surface area contributed by atoms with Crippen molar-refractivity contribution in [1.82, 2.24) is 9.36 Å². The van der Waals surface area contributed by atoms with Gasteiger partial charge in [0, 0.05) is 48.8 Å². The molecule has 0 N–H and O–H groups in total. The van der Waals surface area contributed by atoms with Crippen LogP contribution >= 0.6 is 11.5 Å². The summed E-state index contributed by atoms with van der Waals surface area (Å²) in [6.45, 7) is 5.26. The molecule has 0 aliphatic carbocycles. The van der Waals surface area contributed by atoms with Gasteiger partial charge < -0.3 is 9.64 Å². The van der Waals surface area contributed by atoms with Crippen molar-refractivity contribution in [1.29, 1.82) is 0 Å². The Kier molecular flexibility index (Phi) is 4.63. The van der Waals surface area contributed by atoms with Crippen molar-refractivity contribution >= 4 is 16.7 Å². The first kappa shape index (κ1) is 15.3. The topological polar surface area (TPSA) is 38.2 Å². The van der Waals surface area contributed by atoms with Gasteiger partial charge in [0.05, 0.1) is 6.61 Å². The van der Waals surface area contributed by atoms with E-state index < -0.39 is 11.6 Å². The monoisotopic (exact) mass is 325 g/mol. The number of aromatic nitrogens is 2. The van der Waals surface area contributed by atoms with E-state index in [1.165, 1.54) is 23.7 Å². The van der Waals surface area contributed by atoms with Crippen LogP contribution in [0.5, 0.6) is 0 Å². The maximum Gasteiger partial charge on any atom is 0.205 e. The Morgan fingerprint density at radius 2 is 2.09 bits per heavy atom. The first-order valence-corrected chi connectivity index (χ1v) is 8.06. The van der Waals surface area contributed by atoms with Crippen LogP contribution in [-0.4, -0.2) is 35.7 Å². The maximum absolute atomic E-state index is 13.3. The van der Waals surface area contributed by atoms with Gasteiger partial charge in [0.15, 0.2) is 5.82 Å². The Balaban J connectivity index is 1.71. The molecule has 1 unspecified atom stereocenters. The Bertz CT molecular complexity index is 629. The molecule has 1 saturated heterocycles. The van der Waals surface area contributed by atoms with Gasteiger partial charge in [0.25, 0.3) is 0 Å². The smallest absolute Gasteiger partial charge is 0.205 e. The molecule has 118 valence electrons. The normalized spacial score (nSPS) is 18.1. The quantitative estimate of drug-likeness (QED) is 0.845.